The topological polar surface area (TPSA) is 60.7 Å². The average molecular weight is 417 g/mol. The Hall–Kier alpha value is -2.37. The largest absolute Gasteiger partial charge is 0.458 e. The van der Waals surface area contributed by atoms with Crippen molar-refractivity contribution in [2.24, 2.45) is 0 Å². The van der Waals surface area contributed by atoms with Gasteiger partial charge in [0.2, 0.25) is 0 Å². The fourth-order valence-corrected chi connectivity index (χ4v) is 4.12. The number of rotatable bonds is 4. The molecule has 0 radical (unpaired) electrons. The molecule has 0 amide bonds. The zero-order valence-corrected chi connectivity index (χ0v) is 16.5. The van der Waals surface area contributed by atoms with Crippen LogP contribution in [0.3, 0.4) is 0 Å². The maximum absolute atomic E-state index is 13.0. The van der Waals surface area contributed by atoms with E-state index in [9.17, 15) is 9.59 Å². The van der Waals surface area contributed by atoms with Gasteiger partial charge in [-0.05, 0) is 42.7 Å². The molecule has 0 spiro atoms. The highest BCUT2D eigenvalue weighted by molar-refractivity contribution is 6.30. The number of benzene rings is 1. The molecule has 28 heavy (non-hydrogen) atoms. The number of halogens is 2. The van der Waals surface area contributed by atoms with Gasteiger partial charge < -0.3 is 4.74 Å². The summed E-state index contributed by atoms with van der Waals surface area (Å²) < 4.78 is 6.98. The molecule has 3 aromatic rings. The minimum absolute atomic E-state index is 0.0530. The number of carbonyl (C=O) groups is 1. The predicted octanol–water partition coefficient (Wildman–Crippen LogP) is 4.56. The Morgan fingerprint density at radius 2 is 1.75 bits per heavy atom. The lowest BCUT2D eigenvalue weighted by atomic mass is 9.79. The molecule has 0 N–H and O–H groups in total. The van der Waals surface area contributed by atoms with Crippen molar-refractivity contribution >= 4 is 34.8 Å². The quantitative estimate of drug-likeness (QED) is 0.584. The highest BCUT2D eigenvalue weighted by atomic mass is 35.5. The van der Waals surface area contributed by atoms with E-state index in [4.69, 9.17) is 27.9 Å². The monoisotopic (exact) mass is 416 g/mol. The Labute approximate surface area is 171 Å². The second-order valence-corrected chi connectivity index (χ2v) is 7.91. The first kappa shape index (κ1) is 19.0. The number of aromatic nitrogens is 2. The lowest BCUT2D eigenvalue weighted by Gasteiger charge is -2.27. The molecule has 0 bridgehead atoms. The number of hydrogen-bond acceptors (Lipinski definition) is 4. The lowest BCUT2D eigenvalue weighted by Crippen LogP contribution is -2.34. The molecule has 1 aromatic carbocycles. The molecule has 0 saturated heterocycles. The SMILES string of the molecule is O=C(OCc1cc(=O)n2cc(Cl)ccc2n1)C1(c2ccc(Cl)cc2)CCCC1. The van der Waals surface area contributed by atoms with Crippen molar-refractivity contribution in [3.8, 4) is 0 Å². The lowest BCUT2D eigenvalue weighted by molar-refractivity contribution is -0.152. The summed E-state index contributed by atoms with van der Waals surface area (Å²) in [6.45, 7) is -0.0530. The van der Waals surface area contributed by atoms with Crippen LogP contribution in [-0.2, 0) is 21.6 Å². The van der Waals surface area contributed by atoms with Crippen LogP contribution in [-0.4, -0.2) is 15.4 Å². The maximum Gasteiger partial charge on any atom is 0.316 e. The van der Waals surface area contributed by atoms with Gasteiger partial charge in [-0.15, -0.1) is 0 Å². The van der Waals surface area contributed by atoms with E-state index in [1.54, 1.807) is 24.3 Å². The van der Waals surface area contributed by atoms with Crippen molar-refractivity contribution in [3.05, 3.63) is 80.3 Å². The van der Waals surface area contributed by atoms with Crippen LogP contribution in [0.2, 0.25) is 10.0 Å². The number of ether oxygens (including phenoxy) is 1. The van der Waals surface area contributed by atoms with Gasteiger partial charge in [0.15, 0.2) is 0 Å². The normalized spacial score (nSPS) is 15.6. The molecule has 0 unspecified atom stereocenters. The molecule has 0 aliphatic heterocycles. The van der Waals surface area contributed by atoms with Gasteiger partial charge in [-0.25, -0.2) is 4.98 Å². The third-order valence-corrected chi connectivity index (χ3v) is 5.75. The molecule has 0 atom stereocenters. The first-order valence-corrected chi connectivity index (χ1v) is 9.85. The second-order valence-electron chi connectivity index (χ2n) is 7.03. The standard InChI is InChI=1S/C21H18Cl2N2O3/c22-15-5-3-14(4-6-15)21(9-1-2-10-21)20(27)28-13-17-11-19(26)25-12-16(23)7-8-18(25)24-17/h3-8,11-12H,1-2,9-10,13H2. The van der Waals surface area contributed by atoms with Crippen molar-refractivity contribution in [2.45, 2.75) is 37.7 Å². The van der Waals surface area contributed by atoms with Gasteiger partial charge in [0, 0.05) is 17.3 Å². The fraction of sp³-hybridized carbons (Fsp3) is 0.286. The summed E-state index contributed by atoms with van der Waals surface area (Å²) in [5.41, 5.74) is 0.845. The van der Waals surface area contributed by atoms with Crippen molar-refractivity contribution < 1.29 is 9.53 Å². The number of pyridine rings is 1. The first-order valence-electron chi connectivity index (χ1n) is 9.09. The fourth-order valence-electron chi connectivity index (χ4n) is 3.84. The van der Waals surface area contributed by atoms with Gasteiger partial charge >= 0.3 is 5.97 Å². The van der Waals surface area contributed by atoms with Crippen LogP contribution in [0, 0.1) is 0 Å². The van der Waals surface area contributed by atoms with E-state index in [0.717, 1.165) is 31.2 Å². The van der Waals surface area contributed by atoms with E-state index in [-0.39, 0.29) is 18.1 Å². The number of carbonyl (C=O) groups excluding carboxylic acids is 1. The van der Waals surface area contributed by atoms with Crippen LogP contribution in [0.25, 0.3) is 5.65 Å². The number of fused-ring (bicyclic) bond motifs is 1. The third kappa shape index (κ3) is 3.52. The van der Waals surface area contributed by atoms with Crippen LogP contribution in [0.5, 0.6) is 0 Å². The molecule has 2 aromatic heterocycles. The highest BCUT2D eigenvalue weighted by Gasteiger charge is 2.44. The molecule has 1 aliphatic rings. The summed E-state index contributed by atoms with van der Waals surface area (Å²) in [4.78, 5) is 29.7. The van der Waals surface area contributed by atoms with Gasteiger partial charge in [0.05, 0.1) is 16.1 Å². The molecule has 144 valence electrons. The summed E-state index contributed by atoms with van der Waals surface area (Å²) in [5.74, 6) is -0.287. The zero-order valence-electron chi connectivity index (χ0n) is 15.0. The molecular formula is C21H18Cl2N2O3. The molecule has 5 nitrogen and oxygen atoms in total. The van der Waals surface area contributed by atoms with Crippen LogP contribution < -0.4 is 5.56 Å². The van der Waals surface area contributed by atoms with Crippen LogP contribution in [0.1, 0.15) is 36.9 Å². The molecule has 4 rings (SSSR count). The van der Waals surface area contributed by atoms with Crippen molar-refractivity contribution in [1.82, 2.24) is 9.38 Å². The third-order valence-electron chi connectivity index (χ3n) is 5.27. The Balaban J connectivity index is 1.57. The number of nitrogens with zero attached hydrogens (tertiary/aromatic N) is 2. The molecule has 7 heteroatoms. The average Bonchev–Trinajstić information content (AvgIpc) is 3.18. The summed E-state index contributed by atoms with van der Waals surface area (Å²) in [7, 11) is 0. The van der Waals surface area contributed by atoms with E-state index in [1.165, 1.54) is 16.7 Å². The maximum atomic E-state index is 13.0. The molecule has 1 aliphatic carbocycles. The van der Waals surface area contributed by atoms with Gasteiger partial charge in [0.1, 0.15) is 12.3 Å². The molecule has 1 saturated carbocycles. The Morgan fingerprint density at radius 3 is 2.46 bits per heavy atom. The van der Waals surface area contributed by atoms with E-state index < -0.39 is 5.41 Å². The van der Waals surface area contributed by atoms with Crippen molar-refractivity contribution in [2.75, 3.05) is 0 Å². The second kappa shape index (κ2) is 7.57. The molecule has 2 heterocycles. The van der Waals surface area contributed by atoms with Gasteiger partial charge in [-0.2, -0.15) is 0 Å². The highest BCUT2D eigenvalue weighted by Crippen LogP contribution is 2.42. The summed E-state index contributed by atoms with van der Waals surface area (Å²) in [5, 5.41) is 1.08. The van der Waals surface area contributed by atoms with Crippen LogP contribution in [0.15, 0.2) is 53.5 Å². The first-order chi connectivity index (χ1) is 13.5. The van der Waals surface area contributed by atoms with Crippen molar-refractivity contribution in [3.63, 3.8) is 0 Å². The predicted molar refractivity (Wildman–Crippen MR) is 108 cm³/mol. The zero-order chi connectivity index (χ0) is 19.7. The van der Waals surface area contributed by atoms with Crippen LogP contribution >= 0.6 is 23.2 Å². The molecular weight excluding hydrogens is 399 g/mol. The molecule has 1 fully saturated rings. The van der Waals surface area contributed by atoms with Crippen LogP contribution in [0.4, 0.5) is 0 Å². The van der Waals surface area contributed by atoms with Gasteiger partial charge in [-0.1, -0.05) is 48.2 Å². The Kier molecular flexibility index (Phi) is 5.13. The van der Waals surface area contributed by atoms with E-state index in [2.05, 4.69) is 4.98 Å². The summed E-state index contributed by atoms with van der Waals surface area (Å²) >= 11 is 11.9. The van der Waals surface area contributed by atoms with E-state index in [0.29, 0.717) is 21.4 Å². The van der Waals surface area contributed by atoms with Gasteiger partial charge in [0.25, 0.3) is 5.56 Å². The summed E-state index contributed by atoms with van der Waals surface area (Å²) in [6.07, 6.45) is 4.91. The smallest absolute Gasteiger partial charge is 0.316 e. The van der Waals surface area contributed by atoms with E-state index >= 15 is 0 Å². The van der Waals surface area contributed by atoms with E-state index in [1.807, 2.05) is 12.1 Å². The summed E-state index contributed by atoms with van der Waals surface area (Å²) in [6, 6.07) is 12.0. The van der Waals surface area contributed by atoms with Crippen molar-refractivity contribution in [1.29, 1.82) is 0 Å². The Bertz CT molecular complexity index is 1090. The van der Waals surface area contributed by atoms with Gasteiger partial charge in [-0.3, -0.25) is 14.0 Å². The minimum atomic E-state index is -0.663. The Morgan fingerprint density at radius 1 is 1.07 bits per heavy atom. The number of esters is 1. The number of hydrogen-bond donors (Lipinski definition) is 0. The minimum Gasteiger partial charge on any atom is -0.458 e.